The third-order valence-corrected chi connectivity index (χ3v) is 2.02. The van der Waals surface area contributed by atoms with Gasteiger partial charge >= 0.3 is 6.09 Å². The summed E-state index contributed by atoms with van der Waals surface area (Å²) in [6, 6.07) is 3.36. The summed E-state index contributed by atoms with van der Waals surface area (Å²) in [5.74, 6) is 0.719. The number of nitrogens with one attached hydrogen (secondary N) is 1. The first kappa shape index (κ1) is 8.80. The van der Waals surface area contributed by atoms with Crippen molar-refractivity contribution in [2.75, 3.05) is 13.7 Å². The van der Waals surface area contributed by atoms with Gasteiger partial charge in [-0.1, -0.05) is 0 Å². The molecular formula is C9H10N2O3. The molecule has 0 spiro atoms. The van der Waals surface area contributed by atoms with E-state index in [1.807, 2.05) is 0 Å². The van der Waals surface area contributed by atoms with Crippen LogP contribution in [-0.4, -0.2) is 24.8 Å². The Bertz CT molecular complexity index is 354. The molecule has 1 amide bonds. The van der Waals surface area contributed by atoms with E-state index in [2.05, 4.69) is 10.3 Å². The second kappa shape index (κ2) is 3.53. The van der Waals surface area contributed by atoms with Gasteiger partial charge in [0, 0.05) is 12.3 Å². The van der Waals surface area contributed by atoms with Gasteiger partial charge in [0.05, 0.1) is 12.8 Å². The minimum Gasteiger partial charge on any atom is -0.497 e. The SMILES string of the molecule is COc1ccnc(C2COC(=O)N2)c1. The number of hydrogen-bond donors (Lipinski definition) is 1. The van der Waals surface area contributed by atoms with Crippen LogP contribution in [0.2, 0.25) is 0 Å². The number of carbonyl (C=O) groups is 1. The van der Waals surface area contributed by atoms with Crippen molar-refractivity contribution in [3.63, 3.8) is 0 Å². The first-order valence-corrected chi connectivity index (χ1v) is 4.23. The summed E-state index contributed by atoms with van der Waals surface area (Å²) in [5.41, 5.74) is 0.746. The molecule has 5 heteroatoms. The highest BCUT2D eigenvalue weighted by Gasteiger charge is 2.24. The van der Waals surface area contributed by atoms with Gasteiger partial charge < -0.3 is 14.8 Å². The van der Waals surface area contributed by atoms with E-state index in [-0.39, 0.29) is 6.04 Å². The largest absolute Gasteiger partial charge is 0.497 e. The number of pyridine rings is 1. The highest BCUT2D eigenvalue weighted by molar-refractivity contribution is 5.69. The van der Waals surface area contributed by atoms with E-state index < -0.39 is 6.09 Å². The molecule has 0 aliphatic carbocycles. The molecule has 5 nitrogen and oxygen atoms in total. The number of ether oxygens (including phenoxy) is 2. The summed E-state index contributed by atoms with van der Waals surface area (Å²) in [6.07, 6.45) is 1.23. The van der Waals surface area contributed by atoms with Gasteiger partial charge in [0.1, 0.15) is 18.4 Å². The predicted molar refractivity (Wildman–Crippen MR) is 48.0 cm³/mol. The Kier molecular flexibility index (Phi) is 2.22. The van der Waals surface area contributed by atoms with Crippen molar-refractivity contribution in [3.05, 3.63) is 24.0 Å². The van der Waals surface area contributed by atoms with Crippen LogP contribution in [0, 0.1) is 0 Å². The van der Waals surface area contributed by atoms with Gasteiger partial charge in [-0.3, -0.25) is 4.98 Å². The van der Waals surface area contributed by atoms with Crippen LogP contribution >= 0.6 is 0 Å². The van der Waals surface area contributed by atoms with Crippen LogP contribution in [0.5, 0.6) is 5.75 Å². The van der Waals surface area contributed by atoms with Crippen LogP contribution in [0.15, 0.2) is 18.3 Å². The highest BCUT2D eigenvalue weighted by Crippen LogP contribution is 2.19. The first-order chi connectivity index (χ1) is 6.79. The minimum atomic E-state index is -0.403. The number of amides is 1. The zero-order valence-electron chi connectivity index (χ0n) is 7.69. The van der Waals surface area contributed by atoms with Crippen molar-refractivity contribution in [1.82, 2.24) is 10.3 Å². The lowest BCUT2D eigenvalue weighted by Gasteiger charge is -2.07. The van der Waals surface area contributed by atoms with Gasteiger partial charge in [-0.05, 0) is 6.07 Å². The highest BCUT2D eigenvalue weighted by atomic mass is 16.6. The number of aromatic nitrogens is 1. The molecule has 1 aliphatic heterocycles. The number of alkyl carbamates (subject to hydrolysis) is 1. The smallest absolute Gasteiger partial charge is 0.407 e. The van der Waals surface area contributed by atoms with Crippen LogP contribution in [0.1, 0.15) is 11.7 Å². The Morgan fingerprint density at radius 3 is 3.21 bits per heavy atom. The number of nitrogens with zero attached hydrogens (tertiary/aromatic N) is 1. The lowest BCUT2D eigenvalue weighted by molar-refractivity contribution is 0.177. The second-order valence-corrected chi connectivity index (χ2v) is 2.92. The molecule has 0 saturated carbocycles. The summed E-state index contributed by atoms with van der Waals surface area (Å²) in [4.78, 5) is 14.9. The van der Waals surface area contributed by atoms with Crippen LogP contribution in [0.3, 0.4) is 0 Å². The van der Waals surface area contributed by atoms with Crippen molar-refractivity contribution in [3.8, 4) is 5.75 Å². The molecule has 0 bridgehead atoms. The molecule has 2 heterocycles. The van der Waals surface area contributed by atoms with Crippen molar-refractivity contribution in [2.24, 2.45) is 0 Å². The Balaban J connectivity index is 2.19. The third-order valence-electron chi connectivity index (χ3n) is 2.02. The lowest BCUT2D eigenvalue weighted by Crippen LogP contribution is -2.19. The van der Waals surface area contributed by atoms with E-state index in [0.717, 1.165) is 11.4 Å². The van der Waals surface area contributed by atoms with Gasteiger partial charge in [0.2, 0.25) is 0 Å². The van der Waals surface area contributed by atoms with Crippen LogP contribution in [0.4, 0.5) is 4.79 Å². The van der Waals surface area contributed by atoms with Crippen LogP contribution < -0.4 is 10.1 Å². The summed E-state index contributed by atoms with van der Waals surface area (Å²) < 4.78 is 9.81. The molecule has 1 atom stereocenters. The van der Waals surface area contributed by atoms with Crippen molar-refractivity contribution >= 4 is 6.09 Å². The number of hydrogen-bond acceptors (Lipinski definition) is 4. The molecule has 1 N–H and O–H groups in total. The zero-order chi connectivity index (χ0) is 9.97. The van der Waals surface area contributed by atoms with Gasteiger partial charge in [0.15, 0.2) is 0 Å². The molecule has 0 radical (unpaired) electrons. The summed E-state index contributed by atoms with van der Waals surface area (Å²) >= 11 is 0. The molecule has 74 valence electrons. The number of cyclic esters (lactones) is 1. The van der Waals surface area contributed by atoms with Gasteiger partial charge in [-0.2, -0.15) is 0 Å². The number of methoxy groups -OCH3 is 1. The molecular weight excluding hydrogens is 184 g/mol. The van der Waals surface area contributed by atoms with Crippen molar-refractivity contribution in [2.45, 2.75) is 6.04 Å². The third kappa shape index (κ3) is 1.61. The molecule has 2 rings (SSSR count). The summed E-state index contributed by atoms with van der Waals surface area (Å²) in [6.45, 7) is 0.318. The molecule has 14 heavy (non-hydrogen) atoms. The Morgan fingerprint density at radius 2 is 2.57 bits per heavy atom. The zero-order valence-corrected chi connectivity index (χ0v) is 7.69. The normalized spacial score (nSPS) is 20.1. The predicted octanol–water partition coefficient (Wildman–Crippen LogP) is 0.871. The van der Waals surface area contributed by atoms with E-state index in [0.29, 0.717) is 6.61 Å². The molecule has 1 aromatic heterocycles. The second-order valence-electron chi connectivity index (χ2n) is 2.92. The quantitative estimate of drug-likeness (QED) is 0.758. The Morgan fingerprint density at radius 1 is 1.71 bits per heavy atom. The summed E-state index contributed by atoms with van der Waals surface area (Å²) in [5, 5.41) is 2.64. The number of carbonyl (C=O) groups excluding carboxylic acids is 1. The van der Waals surface area contributed by atoms with Crippen LogP contribution in [0.25, 0.3) is 0 Å². The monoisotopic (exact) mass is 194 g/mol. The molecule has 1 unspecified atom stereocenters. The molecule has 1 saturated heterocycles. The first-order valence-electron chi connectivity index (χ1n) is 4.23. The average molecular weight is 194 g/mol. The maximum atomic E-state index is 10.8. The fourth-order valence-corrected chi connectivity index (χ4v) is 1.29. The molecule has 1 fully saturated rings. The molecule has 0 aromatic carbocycles. The van der Waals surface area contributed by atoms with Crippen molar-refractivity contribution in [1.29, 1.82) is 0 Å². The average Bonchev–Trinajstić information content (AvgIpc) is 2.65. The lowest BCUT2D eigenvalue weighted by atomic mass is 10.2. The standard InChI is InChI=1S/C9H10N2O3/c1-13-6-2-3-10-7(4-6)8-5-14-9(12)11-8/h2-4,8H,5H2,1H3,(H,11,12). The topological polar surface area (TPSA) is 60.5 Å². The maximum Gasteiger partial charge on any atom is 0.407 e. The van der Waals surface area contributed by atoms with Gasteiger partial charge in [-0.25, -0.2) is 4.79 Å². The van der Waals surface area contributed by atoms with E-state index in [1.165, 1.54) is 0 Å². The molecule has 1 aliphatic rings. The van der Waals surface area contributed by atoms with Gasteiger partial charge in [-0.15, -0.1) is 0 Å². The van der Waals surface area contributed by atoms with E-state index in [1.54, 1.807) is 25.4 Å². The van der Waals surface area contributed by atoms with Gasteiger partial charge in [0.25, 0.3) is 0 Å². The fraction of sp³-hybridized carbons (Fsp3) is 0.333. The van der Waals surface area contributed by atoms with E-state index >= 15 is 0 Å². The van der Waals surface area contributed by atoms with Crippen molar-refractivity contribution < 1.29 is 14.3 Å². The molecule has 1 aromatic rings. The summed E-state index contributed by atoms with van der Waals surface area (Å²) in [7, 11) is 1.59. The Labute approximate surface area is 81.0 Å². The fourth-order valence-electron chi connectivity index (χ4n) is 1.29. The Hall–Kier alpha value is -1.78. The number of rotatable bonds is 2. The minimum absolute atomic E-state index is 0.169. The van der Waals surface area contributed by atoms with E-state index in [9.17, 15) is 4.79 Å². The van der Waals surface area contributed by atoms with Crippen LogP contribution in [-0.2, 0) is 4.74 Å². The van der Waals surface area contributed by atoms with E-state index in [4.69, 9.17) is 9.47 Å². The maximum absolute atomic E-state index is 10.8.